The minimum absolute atomic E-state index is 0.0542. The zero-order valence-electron chi connectivity index (χ0n) is 10.2. The Hall–Kier alpha value is -2.60. The fraction of sp³-hybridized carbons (Fsp3) is 0. The number of carbonyl (C=O) groups is 1. The number of rotatable bonds is 4. The molecule has 0 heterocycles. The molecule has 0 saturated heterocycles. The highest BCUT2D eigenvalue weighted by atomic mass is 35.5. The van der Waals surface area contributed by atoms with E-state index in [1.54, 1.807) is 12.1 Å². The van der Waals surface area contributed by atoms with Crippen molar-refractivity contribution in [3.8, 4) is 0 Å². The van der Waals surface area contributed by atoms with Crippen molar-refractivity contribution in [1.82, 2.24) is 0 Å². The Morgan fingerprint density at radius 3 is 2.50 bits per heavy atom. The first-order valence-corrected chi connectivity index (χ1v) is 5.93. The van der Waals surface area contributed by atoms with Crippen molar-refractivity contribution in [2.24, 2.45) is 5.29 Å². The molecular formula is C13H10ClN3O3. The first-order chi connectivity index (χ1) is 9.54. The molecule has 0 radical (unpaired) electrons. The summed E-state index contributed by atoms with van der Waals surface area (Å²) >= 11 is 5.79. The van der Waals surface area contributed by atoms with E-state index >= 15 is 0 Å². The molecule has 20 heavy (non-hydrogen) atoms. The van der Waals surface area contributed by atoms with Gasteiger partial charge in [-0.25, -0.2) is 4.79 Å². The van der Waals surface area contributed by atoms with Gasteiger partial charge in [0.15, 0.2) is 0 Å². The molecule has 0 unspecified atom stereocenters. The molecule has 0 saturated carbocycles. The average Bonchev–Trinajstić information content (AvgIpc) is 2.42. The topological polar surface area (TPSA) is 96.0 Å². The Morgan fingerprint density at radius 1 is 1.20 bits per heavy atom. The van der Waals surface area contributed by atoms with E-state index in [4.69, 9.17) is 22.4 Å². The van der Waals surface area contributed by atoms with Gasteiger partial charge in [-0.15, -0.1) is 4.91 Å². The zero-order valence-corrected chi connectivity index (χ0v) is 10.9. The van der Waals surface area contributed by atoms with E-state index in [0.29, 0.717) is 5.02 Å². The number of nitrogen functional groups attached to an aromatic ring is 1. The summed E-state index contributed by atoms with van der Waals surface area (Å²) in [5, 5.41) is 13.3. The maximum Gasteiger partial charge on any atom is 0.337 e. The Bertz CT molecular complexity index is 676. The van der Waals surface area contributed by atoms with Gasteiger partial charge in [-0.05, 0) is 30.3 Å². The third kappa shape index (κ3) is 2.55. The van der Waals surface area contributed by atoms with Crippen LogP contribution in [0.15, 0.2) is 47.8 Å². The molecule has 2 aromatic rings. The van der Waals surface area contributed by atoms with Crippen molar-refractivity contribution in [2.45, 2.75) is 0 Å². The number of anilines is 3. The van der Waals surface area contributed by atoms with Gasteiger partial charge in [-0.2, -0.15) is 5.01 Å². The number of nitroso groups, excluding NO2 is 1. The number of aromatic carboxylic acids is 1. The molecular weight excluding hydrogens is 282 g/mol. The highest BCUT2D eigenvalue weighted by Crippen LogP contribution is 2.34. The summed E-state index contributed by atoms with van der Waals surface area (Å²) in [6.45, 7) is 0. The minimum atomic E-state index is -1.17. The maximum atomic E-state index is 11.2. The van der Waals surface area contributed by atoms with Crippen molar-refractivity contribution in [2.75, 3.05) is 10.7 Å². The molecule has 0 aliphatic heterocycles. The third-order valence-corrected chi connectivity index (χ3v) is 2.90. The number of halogens is 1. The van der Waals surface area contributed by atoms with Gasteiger partial charge < -0.3 is 10.8 Å². The predicted octanol–water partition coefficient (Wildman–Crippen LogP) is 3.44. The van der Waals surface area contributed by atoms with E-state index < -0.39 is 5.97 Å². The van der Waals surface area contributed by atoms with Gasteiger partial charge in [0.2, 0.25) is 0 Å². The number of benzene rings is 2. The SMILES string of the molecule is Nc1cc(Cl)ccc1N(N=O)c1ccccc1C(=O)O. The van der Waals surface area contributed by atoms with Gasteiger partial charge in [0.1, 0.15) is 0 Å². The Labute approximate surface area is 119 Å². The number of para-hydroxylation sites is 1. The lowest BCUT2D eigenvalue weighted by Crippen LogP contribution is -2.14. The van der Waals surface area contributed by atoms with Crippen molar-refractivity contribution >= 4 is 34.6 Å². The lowest BCUT2D eigenvalue weighted by Gasteiger charge is -2.19. The number of hydrogen-bond donors (Lipinski definition) is 2. The second kappa shape index (κ2) is 5.58. The summed E-state index contributed by atoms with van der Waals surface area (Å²) in [7, 11) is 0. The van der Waals surface area contributed by atoms with Crippen LogP contribution in [0.4, 0.5) is 17.1 Å². The molecule has 0 aliphatic carbocycles. The largest absolute Gasteiger partial charge is 0.478 e. The van der Waals surface area contributed by atoms with Gasteiger partial charge in [0.25, 0.3) is 0 Å². The first kappa shape index (κ1) is 13.8. The summed E-state index contributed by atoms with van der Waals surface area (Å²) in [5.41, 5.74) is 6.35. The van der Waals surface area contributed by atoms with E-state index in [0.717, 1.165) is 5.01 Å². The molecule has 102 valence electrons. The van der Waals surface area contributed by atoms with Gasteiger partial charge in [-0.1, -0.05) is 23.7 Å². The molecule has 0 fully saturated rings. The number of nitrogens with zero attached hydrogens (tertiary/aromatic N) is 2. The van der Waals surface area contributed by atoms with E-state index in [-0.39, 0.29) is 22.6 Å². The van der Waals surface area contributed by atoms with Crippen LogP contribution in [0.1, 0.15) is 10.4 Å². The molecule has 0 bridgehead atoms. The van der Waals surface area contributed by atoms with E-state index in [9.17, 15) is 9.70 Å². The van der Waals surface area contributed by atoms with Crippen molar-refractivity contribution in [3.05, 3.63) is 58.0 Å². The quantitative estimate of drug-likeness (QED) is 0.511. The second-order valence-corrected chi connectivity index (χ2v) is 4.36. The molecule has 0 atom stereocenters. The van der Waals surface area contributed by atoms with Crippen LogP contribution in [0.2, 0.25) is 5.02 Å². The summed E-state index contributed by atoms with van der Waals surface area (Å²) in [6, 6.07) is 10.5. The molecule has 3 N–H and O–H groups in total. The summed E-state index contributed by atoms with van der Waals surface area (Å²) in [5.74, 6) is -1.17. The van der Waals surface area contributed by atoms with Gasteiger partial charge in [0, 0.05) is 5.02 Å². The molecule has 0 aliphatic rings. The number of hydrogen-bond acceptors (Lipinski definition) is 4. The minimum Gasteiger partial charge on any atom is -0.478 e. The third-order valence-electron chi connectivity index (χ3n) is 2.66. The Kier molecular flexibility index (Phi) is 3.86. The van der Waals surface area contributed by atoms with Gasteiger partial charge in [0.05, 0.1) is 27.9 Å². The van der Waals surface area contributed by atoms with Crippen LogP contribution in [0.25, 0.3) is 0 Å². The fourth-order valence-electron chi connectivity index (χ4n) is 1.78. The second-order valence-electron chi connectivity index (χ2n) is 3.92. The summed E-state index contributed by atoms with van der Waals surface area (Å²) < 4.78 is 0. The van der Waals surface area contributed by atoms with Gasteiger partial charge in [-0.3, -0.25) is 0 Å². The molecule has 0 spiro atoms. The van der Waals surface area contributed by atoms with Crippen LogP contribution in [0.5, 0.6) is 0 Å². The van der Waals surface area contributed by atoms with Crippen molar-refractivity contribution in [3.63, 3.8) is 0 Å². The van der Waals surface area contributed by atoms with E-state index in [1.165, 1.54) is 30.3 Å². The highest BCUT2D eigenvalue weighted by molar-refractivity contribution is 6.31. The maximum absolute atomic E-state index is 11.2. The number of carboxylic acids is 1. The van der Waals surface area contributed by atoms with Crippen LogP contribution >= 0.6 is 11.6 Å². The van der Waals surface area contributed by atoms with Crippen molar-refractivity contribution in [1.29, 1.82) is 0 Å². The van der Waals surface area contributed by atoms with E-state index in [1.807, 2.05) is 0 Å². The van der Waals surface area contributed by atoms with Gasteiger partial charge >= 0.3 is 5.97 Å². The van der Waals surface area contributed by atoms with Crippen LogP contribution in [0.3, 0.4) is 0 Å². The van der Waals surface area contributed by atoms with Crippen LogP contribution < -0.4 is 10.7 Å². The number of nitrogens with two attached hydrogens (primary N) is 1. The zero-order chi connectivity index (χ0) is 14.7. The van der Waals surface area contributed by atoms with Crippen LogP contribution in [0, 0.1) is 4.91 Å². The smallest absolute Gasteiger partial charge is 0.337 e. The molecule has 7 heteroatoms. The number of carboxylic acid groups (broad SMARTS) is 1. The average molecular weight is 292 g/mol. The fourth-order valence-corrected chi connectivity index (χ4v) is 1.96. The molecule has 2 aromatic carbocycles. The summed E-state index contributed by atoms with van der Waals surface area (Å²) in [6.07, 6.45) is 0. The monoisotopic (exact) mass is 291 g/mol. The Morgan fingerprint density at radius 2 is 1.90 bits per heavy atom. The lowest BCUT2D eigenvalue weighted by atomic mass is 10.1. The molecule has 6 nitrogen and oxygen atoms in total. The molecule has 0 aromatic heterocycles. The lowest BCUT2D eigenvalue weighted by molar-refractivity contribution is 0.0697. The normalized spacial score (nSPS) is 10.1. The standard InChI is InChI=1S/C13H10ClN3O3/c14-8-5-6-12(10(15)7-8)17(16-20)11-4-2-1-3-9(11)13(18)19/h1-7H,15H2,(H,18,19). The van der Waals surface area contributed by atoms with Crippen LogP contribution in [-0.4, -0.2) is 11.1 Å². The highest BCUT2D eigenvalue weighted by Gasteiger charge is 2.19. The van der Waals surface area contributed by atoms with Crippen LogP contribution in [-0.2, 0) is 0 Å². The predicted molar refractivity (Wildman–Crippen MR) is 77.2 cm³/mol. The van der Waals surface area contributed by atoms with E-state index in [2.05, 4.69) is 5.29 Å². The molecule has 0 amide bonds. The van der Waals surface area contributed by atoms with Crippen molar-refractivity contribution < 1.29 is 9.90 Å². The first-order valence-electron chi connectivity index (χ1n) is 5.55. The molecule has 2 rings (SSSR count). The Balaban J connectivity index is 2.58. The summed E-state index contributed by atoms with van der Waals surface area (Å²) in [4.78, 5) is 22.3.